The van der Waals surface area contributed by atoms with Crippen LogP contribution in [0.25, 0.3) is 10.2 Å². The number of primary amides is 1. The molecule has 0 unspecified atom stereocenters. The number of carbonyl (C=O) groups excluding carboxylic acids is 2. The molecule has 1 aliphatic rings. The minimum absolute atomic E-state index is 0.0696. The fraction of sp³-hybridized carbons (Fsp3) is 0.350. The van der Waals surface area contributed by atoms with E-state index < -0.39 is 0 Å². The molecule has 0 bridgehead atoms. The number of aromatic nitrogens is 2. The van der Waals surface area contributed by atoms with Crippen molar-refractivity contribution in [1.82, 2.24) is 14.7 Å². The molecule has 0 spiro atoms. The minimum Gasteiger partial charge on any atom is -0.369 e. The van der Waals surface area contributed by atoms with Gasteiger partial charge in [0.1, 0.15) is 10.6 Å². The Labute approximate surface area is 165 Å². The molecule has 1 saturated heterocycles. The predicted molar refractivity (Wildman–Crippen MR) is 106 cm³/mol. The standard InChI is InChI=1S/C20H21FN4O2S/c1-12-16-9-17(19(27)24-8-2-3-14(11-24)18(22)26)28-20(16)25(23-12)10-13-4-6-15(21)7-5-13/h4-7,9,14H,2-3,8,10-11H2,1H3,(H2,22,26)/t14-/m1/s1. The molecule has 2 N–H and O–H groups in total. The van der Waals surface area contributed by atoms with Crippen LogP contribution in [0.2, 0.25) is 0 Å². The van der Waals surface area contributed by atoms with E-state index in [9.17, 15) is 14.0 Å². The van der Waals surface area contributed by atoms with Crippen LogP contribution < -0.4 is 5.73 Å². The molecule has 0 radical (unpaired) electrons. The zero-order valence-corrected chi connectivity index (χ0v) is 16.3. The van der Waals surface area contributed by atoms with Gasteiger partial charge < -0.3 is 10.6 Å². The Morgan fingerprint density at radius 2 is 2.07 bits per heavy atom. The van der Waals surface area contributed by atoms with Gasteiger partial charge in [0, 0.05) is 18.5 Å². The number of likely N-dealkylation sites (tertiary alicyclic amines) is 1. The third-order valence-corrected chi connectivity index (χ3v) is 6.31. The van der Waals surface area contributed by atoms with Crippen molar-refractivity contribution in [2.75, 3.05) is 13.1 Å². The van der Waals surface area contributed by atoms with E-state index in [1.807, 2.05) is 17.7 Å². The van der Waals surface area contributed by atoms with Gasteiger partial charge in [-0.25, -0.2) is 4.39 Å². The van der Waals surface area contributed by atoms with Crippen LogP contribution in [0.5, 0.6) is 0 Å². The van der Waals surface area contributed by atoms with E-state index in [-0.39, 0.29) is 23.5 Å². The van der Waals surface area contributed by atoms with Gasteiger partial charge in [0.2, 0.25) is 5.91 Å². The molecular formula is C20H21FN4O2S. The van der Waals surface area contributed by atoms with Crippen molar-refractivity contribution in [1.29, 1.82) is 0 Å². The van der Waals surface area contributed by atoms with Gasteiger partial charge >= 0.3 is 0 Å². The number of rotatable bonds is 4. The highest BCUT2D eigenvalue weighted by Crippen LogP contribution is 2.30. The lowest BCUT2D eigenvalue weighted by Gasteiger charge is -2.30. The fourth-order valence-electron chi connectivity index (χ4n) is 3.64. The van der Waals surface area contributed by atoms with E-state index in [1.165, 1.54) is 23.5 Å². The Kier molecular flexibility index (Phi) is 4.89. The lowest BCUT2D eigenvalue weighted by atomic mass is 9.97. The average Bonchev–Trinajstić information content (AvgIpc) is 3.24. The molecule has 0 aliphatic carbocycles. The summed E-state index contributed by atoms with van der Waals surface area (Å²) < 4.78 is 15.0. The second-order valence-corrected chi connectivity index (χ2v) is 8.22. The number of hydrogen-bond acceptors (Lipinski definition) is 4. The number of carbonyl (C=O) groups is 2. The van der Waals surface area contributed by atoms with Crippen LogP contribution in [-0.4, -0.2) is 39.6 Å². The summed E-state index contributed by atoms with van der Waals surface area (Å²) in [6.07, 6.45) is 1.51. The number of aryl methyl sites for hydroxylation is 1. The number of nitrogens with two attached hydrogens (primary N) is 1. The van der Waals surface area contributed by atoms with Gasteiger partial charge in [-0.15, -0.1) is 11.3 Å². The first-order valence-electron chi connectivity index (χ1n) is 9.22. The lowest BCUT2D eigenvalue weighted by molar-refractivity contribution is -0.123. The zero-order valence-electron chi connectivity index (χ0n) is 15.5. The van der Waals surface area contributed by atoms with E-state index in [0.29, 0.717) is 24.5 Å². The highest BCUT2D eigenvalue weighted by atomic mass is 32.1. The van der Waals surface area contributed by atoms with Crippen LogP contribution in [0.15, 0.2) is 30.3 Å². The van der Waals surface area contributed by atoms with Gasteiger partial charge in [0.05, 0.1) is 23.0 Å². The third kappa shape index (κ3) is 3.52. The Bertz CT molecular complexity index is 1040. The van der Waals surface area contributed by atoms with Crippen LogP contribution >= 0.6 is 11.3 Å². The molecule has 28 heavy (non-hydrogen) atoms. The van der Waals surface area contributed by atoms with E-state index in [1.54, 1.807) is 17.0 Å². The predicted octanol–water partition coefficient (Wildman–Crippen LogP) is 2.93. The molecule has 1 fully saturated rings. The van der Waals surface area contributed by atoms with Gasteiger partial charge in [-0.3, -0.25) is 14.3 Å². The Morgan fingerprint density at radius 3 is 2.79 bits per heavy atom. The van der Waals surface area contributed by atoms with Gasteiger partial charge in [-0.2, -0.15) is 5.10 Å². The van der Waals surface area contributed by atoms with Gasteiger partial charge in [0.25, 0.3) is 5.91 Å². The zero-order chi connectivity index (χ0) is 19.8. The molecule has 3 aromatic rings. The van der Waals surface area contributed by atoms with E-state index in [4.69, 9.17) is 5.73 Å². The average molecular weight is 400 g/mol. The number of hydrogen-bond donors (Lipinski definition) is 1. The normalized spacial score (nSPS) is 17.2. The van der Waals surface area contributed by atoms with Crippen LogP contribution in [0.4, 0.5) is 4.39 Å². The summed E-state index contributed by atoms with van der Waals surface area (Å²) in [5.41, 5.74) is 7.21. The summed E-state index contributed by atoms with van der Waals surface area (Å²) in [5.74, 6) is -0.965. The number of thiophene rings is 1. The Morgan fingerprint density at radius 1 is 1.32 bits per heavy atom. The summed E-state index contributed by atoms with van der Waals surface area (Å²) in [7, 11) is 0. The molecule has 1 atom stereocenters. The first kappa shape index (κ1) is 18.6. The monoisotopic (exact) mass is 400 g/mol. The van der Waals surface area contributed by atoms with E-state index in [0.717, 1.165) is 34.3 Å². The maximum Gasteiger partial charge on any atom is 0.264 e. The first-order valence-corrected chi connectivity index (χ1v) is 10.0. The summed E-state index contributed by atoms with van der Waals surface area (Å²) in [5, 5.41) is 5.51. The number of benzene rings is 1. The van der Waals surface area contributed by atoms with Gasteiger partial charge in [-0.1, -0.05) is 12.1 Å². The first-order chi connectivity index (χ1) is 13.4. The second kappa shape index (κ2) is 7.35. The number of fused-ring (bicyclic) bond motifs is 1. The molecule has 1 aliphatic heterocycles. The number of amides is 2. The van der Waals surface area contributed by atoms with Crippen molar-refractivity contribution < 1.29 is 14.0 Å². The minimum atomic E-state index is -0.348. The molecular weight excluding hydrogens is 379 g/mol. The van der Waals surface area contributed by atoms with Crippen molar-refractivity contribution in [3.05, 3.63) is 52.3 Å². The van der Waals surface area contributed by atoms with Crippen LogP contribution in [-0.2, 0) is 11.3 Å². The maximum atomic E-state index is 13.1. The lowest BCUT2D eigenvalue weighted by Crippen LogP contribution is -2.43. The van der Waals surface area contributed by atoms with Crippen LogP contribution in [0.1, 0.15) is 33.8 Å². The van der Waals surface area contributed by atoms with Crippen molar-refractivity contribution in [2.45, 2.75) is 26.3 Å². The molecule has 4 rings (SSSR count). The smallest absolute Gasteiger partial charge is 0.264 e. The SMILES string of the molecule is Cc1nn(Cc2ccc(F)cc2)c2sc(C(=O)N3CCC[C@@H](C(N)=O)C3)cc12. The van der Waals surface area contributed by atoms with Gasteiger partial charge in [-0.05, 0) is 43.5 Å². The summed E-state index contributed by atoms with van der Waals surface area (Å²) in [6, 6.07) is 8.19. The molecule has 2 amide bonds. The number of piperidine rings is 1. The van der Waals surface area contributed by atoms with Crippen LogP contribution in [0, 0.1) is 18.7 Å². The maximum absolute atomic E-state index is 13.1. The highest BCUT2D eigenvalue weighted by molar-refractivity contribution is 7.20. The largest absolute Gasteiger partial charge is 0.369 e. The topological polar surface area (TPSA) is 81.2 Å². The third-order valence-electron chi connectivity index (χ3n) is 5.17. The summed E-state index contributed by atoms with van der Waals surface area (Å²) in [6.45, 7) is 3.43. The van der Waals surface area contributed by atoms with Crippen molar-refractivity contribution >= 4 is 33.4 Å². The Hall–Kier alpha value is -2.74. The summed E-state index contributed by atoms with van der Waals surface area (Å²) >= 11 is 1.40. The van der Waals surface area contributed by atoms with Crippen LogP contribution in [0.3, 0.4) is 0 Å². The molecule has 6 nitrogen and oxygen atoms in total. The molecule has 8 heteroatoms. The molecule has 3 heterocycles. The number of nitrogens with zero attached hydrogens (tertiary/aromatic N) is 3. The van der Waals surface area contributed by atoms with Crippen molar-refractivity contribution in [3.63, 3.8) is 0 Å². The molecule has 0 saturated carbocycles. The second-order valence-electron chi connectivity index (χ2n) is 7.19. The Balaban J connectivity index is 1.60. The molecule has 146 valence electrons. The highest BCUT2D eigenvalue weighted by Gasteiger charge is 2.29. The molecule has 2 aromatic heterocycles. The van der Waals surface area contributed by atoms with E-state index >= 15 is 0 Å². The quantitative estimate of drug-likeness (QED) is 0.731. The van der Waals surface area contributed by atoms with Crippen molar-refractivity contribution in [3.8, 4) is 0 Å². The molecule has 1 aromatic carbocycles. The van der Waals surface area contributed by atoms with Gasteiger partial charge in [0.15, 0.2) is 0 Å². The summed E-state index contributed by atoms with van der Waals surface area (Å²) in [4.78, 5) is 27.7. The fourth-order valence-corrected chi connectivity index (χ4v) is 4.77. The van der Waals surface area contributed by atoms with Crippen molar-refractivity contribution in [2.24, 2.45) is 11.7 Å². The van der Waals surface area contributed by atoms with E-state index in [2.05, 4.69) is 5.10 Å². The number of halogens is 1.